The Morgan fingerprint density at radius 1 is 1.32 bits per heavy atom. The SMILES string of the molecule is CCCC(N)c1cc(CC)c2c(c1)C(CC)C(=O)N2. The van der Waals surface area contributed by atoms with Crippen LogP contribution in [0.2, 0.25) is 0 Å². The highest BCUT2D eigenvalue weighted by molar-refractivity contribution is 6.03. The zero-order valence-electron chi connectivity index (χ0n) is 12.1. The highest BCUT2D eigenvalue weighted by Crippen LogP contribution is 2.39. The fourth-order valence-corrected chi connectivity index (χ4v) is 2.91. The van der Waals surface area contributed by atoms with Gasteiger partial charge in [-0.2, -0.15) is 0 Å². The molecule has 0 aromatic heterocycles. The molecule has 0 radical (unpaired) electrons. The molecule has 104 valence electrons. The van der Waals surface area contributed by atoms with Gasteiger partial charge < -0.3 is 11.1 Å². The summed E-state index contributed by atoms with van der Waals surface area (Å²) in [5.41, 5.74) is 10.8. The first-order valence-electron chi connectivity index (χ1n) is 7.35. The molecule has 2 atom stereocenters. The topological polar surface area (TPSA) is 55.1 Å². The fourth-order valence-electron chi connectivity index (χ4n) is 2.91. The second kappa shape index (κ2) is 5.74. The van der Waals surface area contributed by atoms with Crippen molar-refractivity contribution in [2.45, 2.75) is 58.4 Å². The van der Waals surface area contributed by atoms with Crippen LogP contribution < -0.4 is 11.1 Å². The van der Waals surface area contributed by atoms with E-state index in [9.17, 15) is 4.79 Å². The Kier molecular flexibility index (Phi) is 4.25. The maximum Gasteiger partial charge on any atom is 0.232 e. The van der Waals surface area contributed by atoms with E-state index in [1.165, 1.54) is 11.1 Å². The average molecular weight is 260 g/mol. The number of aryl methyl sites for hydroxylation is 1. The largest absolute Gasteiger partial charge is 0.325 e. The highest BCUT2D eigenvalue weighted by atomic mass is 16.2. The number of hydrogen-bond acceptors (Lipinski definition) is 2. The van der Waals surface area contributed by atoms with Gasteiger partial charge in [0.1, 0.15) is 0 Å². The normalized spacial score (nSPS) is 19.2. The summed E-state index contributed by atoms with van der Waals surface area (Å²) in [6, 6.07) is 4.38. The highest BCUT2D eigenvalue weighted by Gasteiger charge is 2.31. The van der Waals surface area contributed by atoms with Gasteiger partial charge in [0.25, 0.3) is 0 Å². The van der Waals surface area contributed by atoms with Crippen molar-refractivity contribution < 1.29 is 4.79 Å². The summed E-state index contributed by atoms with van der Waals surface area (Å²) in [4.78, 5) is 12.0. The van der Waals surface area contributed by atoms with Gasteiger partial charge in [0.15, 0.2) is 0 Å². The molecule has 0 saturated heterocycles. The van der Waals surface area contributed by atoms with Crippen molar-refractivity contribution in [1.29, 1.82) is 0 Å². The van der Waals surface area contributed by atoms with Crippen molar-refractivity contribution in [1.82, 2.24) is 0 Å². The van der Waals surface area contributed by atoms with E-state index in [0.29, 0.717) is 0 Å². The smallest absolute Gasteiger partial charge is 0.232 e. The van der Waals surface area contributed by atoms with Gasteiger partial charge in [-0.25, -0.2) is 0 Å². The third-order valence-electron chi connectivity index (χ3n) is 4.03. The molecule has 1 aliphatic heterocycles. The minimum absolute atomic E-state index is 0.00548. The summed E-state index contributed by atoms with van der Waals surface area (Å²) in [6.45, 7) is 6.33. The van der Waals surface area contributed by atoms with Crippen LogP contribution in [-0.2, 0) is 11.2 Å². The molecule has 0 aliphatic carbocycles. The molecule has 2 unspecified atom stereocenters. The molecule has 0 spiro atoms. The van der Waals surface area contributed by atoms with Gasteiger partial charge in [0, 0.05) is 11.7 Å². The second-order valence-corrected chi connectivity index (χ2v) is 5.34. The summed E-state index contributed by atoms with van der Waals surface area (Å²) in [5, 5.41) is 3.04. The van der Waals surface area contributed by atoms with Gasteiger partial charge in [-0.1, -0.05) is 39.3 Å². The van der Waals surface area contributed by atoms with Crippen LogP contribution in [0, 0.1) is 0 Å². The van der Waals surface area contributed by atoms with E-state index in [4.69, 9.17) is 5.73 Å². The van der Waals surface area contributed by atoms with Gasteiger partial charge >= 0.3 is 0 Å². The maximum absolute atomic E-state index is 12.0. The molecule has 2 rings (SSSR count). The molecular weight excluding hydrogens is 236 g/mol. The lowest BCUT2D eigenvalue weighted by Crippen LogP contribution is -2.11. The van der Waals surface area contributed by atoms with Crippen LogP contribution in [0.4, 0.5) is 5.69 Å². The van der Waals surface area contributed by atoms with Gasteiger partial charge in [0.2, 0.25) is 5.91 Å². The molecule has 1 aliphatic rings. The lowest BCUT2D eigenvalue weighted by Gasteiger charge is -2.16. The van der Waals surface area contributed by atoms with Crippen molar-refractivity contribution in [2.24, 2.45) is 5.73 Å². The lowest BCUT2D eigenvalue weighted by molar-refractivity contribution is -0.117. The first-order chi connectivity index (χ1) is 9.12. The van der Waals surface area contributed by atoms with Crippen LogP contribution in [0.3, 0.4) is 0 Å². The Labute approximate surface area is 115 Å². The number of nitrogens with one attached hydrogen (secondary N) is 1. The van der Waals surface area contributed by atoms with Crippen LogP contribution in [0.1, 0.15) is 68.7 Å². The van der Waals surface area contributed by atoms with E-state index in [0.717, 1.165) is 36.9 Å². The summed E-state index contributed by atoms with van der Waals surface area (Å²) in [7, 11) is 0. The molecule has 1 amide bonds. The van der Waals surface area contributed by atoms with E-state index in [1.807, 2.05) is 0 Å². The number of nitrogens with two attached hydrogens (primary N) is 1. The number of amides is 1. The molecule has 19 heavy (non-hydrogen) atoms. The zero-order chi connectivity index (χ0) is 14.0. The Balaban J connectivity index is 2.46. The fraction of sp³-hybridized carbons (Fsp3) is 0.562. The van der Waals surface area contributed by atoms with Crippen molar-refractivity contribution in [2.75, 3.05) is 5.32 Å². The molecule has 1 heterocycles. The Hall–Kier alpha value is -1.35. The third-order valence-corrected chi connectivity index (χ3v) is 4.03. The van der Waals surface area contributed by atoms with Gasteiger partial charge in [0.05, 0.1) is 5.92 Å². The third kappa shape index (κ3) is 2.52. The molecule has 3 N–H and O–H groups in total. The molecular formula is C16H24N2O. The average Bonchev–Trinajstić information content (AvgIpc) is 2.73. The number of carbonyl (C=O) groups is 1. The number of benzene rings is 1. The molecule has 1 aromatic carbocycles. The number of fused-ring (bicyclic) bond motifs is 1. The van der Waals surface area contributed by atoms with Crippen molar-refractivity contribution in [3.63, 3.8) is 0 Å². The summed E-state index contributed by atoms with van der Waals surface area (Å²) >= 11 is 0. The van der Waals surface area contributed by atoms with Crippen LogP contribution >= 0.6 is 0 Å². The molecule has 0 bridgehead atoms. The monoisotopic (exact) mass is 260 g/mol. The van der Waals surface area contributed by atoms with Crippen LogP contribution in [0.15, 0.2) is 12.1 Å². The summed E-state index contributed by atoms with van der Waals surface area (Å²) < 4.78 is 0. The van der Waals surface area contributed by atoms with Crippen LogP contribution in [0.25, 0.3) is 0 Å². The van der Waals surface area contributed by atoms with Crippen molar-refractivity contribution >= 4 is 11.6 Å². The Bertz CT molecular complexity index is 482. The lowest BCUT2D eigenvalue weighted by atomic mass is 9.90. The van der Waals surface area contributed by atoms with Crippen LogP contribution in [-0.4, -0.2) is 5.91 Å². The van der Waals surface area contributed by atoms with Gasteiger partial charge in [-0.15, -0.1) is 0 Å². The van der Waals surface area contributed by atoms with E-state index in [2.05, 4.69) is 38.2 Å². The molecule has 0 fully saturated rings. The predicted octanol–water partition coefficient (Wildman–Crippen LogP) is 3.49. The van der Waals surface area contributed by atoms with E-state index >= 15 is 0 Å². The quantitative estimate of drug-likeness (QED) is 0.851. The molecule has 0 saturated carbocycles. The minimum atomic E-state index is -0.00548. The Morgan fingerprint density at radius 2 is 2.05 bits per heavy atom. The maximum atomic E-state index is 12.0. The molecule has 3 nitrogen and oxygen atoms in total. The molecule has 1 aromatic rings. The minimum Gasteiger partial charge on any atom is -0.325 e. The van der Waals surface area contributed by atoms with Crippen LogP contribution in [0.5, 0.6) is 0 Å². The Morgan fingerprint density at radius 3 is 2.63 bits per heavy atom. The van der Waals surface area contributed by atoms with Gasteiger partial charge in [-0.05, 0) is 36.0 Å². The number of carbonyl (C=O) groups excluding carboxylic acids is 1. The number of anilines is 1. The predicted molar refractivity (Wildman–Crippen MR) is 79.3 cm³/mol. The number of hydrogen-bond donors (Lipinski definition) is 2. The van der Waals surface area contributed by atoms with E-state index in [1.54, 1.807) is 0 Å². The van der Waals surface area contributed by atoms with Crippen molar-refractivity contribution in [3.8, 4) is 0 Å². The van der Waals surface area contributed by atoms with Crippen molar-refractivity contribution in [3.05, 3.63) is 28.8 Å². The second-order valence-electron chi connectivity index (χ2n) is 5.34. The summed E-state index contributed by atoms with van der Waals surface area (Å²) in [5.74, 6) is 0.127. The zero-order valence-corrected chi connectivity index (χ0v) is 12.1. The first kappa shape index (κ1) is 14.1. The van der Waals surface area contributed by atoms with E-state index < -0.39 is 0 Å². The number of rotatable bonds is 5. The van der Waals surface area contributed by atoms with Gasteiger partial charge in [-0.3, -0.25) is 4.79 Å². The van der Waals surface area contributed by atoms with E-state index in [-0.39, 0.29) is 17.9 Å². The first-order valence-corrected chi connectivity index (χ1v) is 7.35. The summed E-state index contributed by atoms with van der Waals surface area (Å²) in [6.07, 6.45) is 3.83. The molecule has 3 heteroatoms. The standard InChI is InChI=1S/C16H24N2O/c1-4-7-14(17)11-8-10(5-2)15-13(9-11)12(6-3)16(19)18-15/h8-9,12,14H,4-7,17H2,1-3H3,(H,18,19).